The lowest BCUT2D eigenvalue weighted by Crippen LogP contribution is -2.25. The minimum absolute atomic E-state index is 0.284. The van der Waals surface area contributed by atoms with E-state index in [0.29, 0.717) is 11.4 Å². The van der Waals surface area contributed by atoms with Crippen molar-refractivity contribution in [3.05, 3.63) is 66.4 Å². The number of benzene rings is 1. The number of aromatic amines is 1. The molecule has 35 heavy (non-hydrogen) atoms. The van der Waals surface area contributed by atoms with Crippen molar-refractivity contribution in [1.29, 1.82) is 0 Å². The van der Waals surface area contributed by atoms with Crippen LogP contribution in [0, 0.1) is 0 Å². The number of hydrogen-bond donors (Lipinski definition) is 2. The normalized spacial score (nSPS) is 14.3. The van der Waals surface area contributed by atoms with Crippen LogP contribution in [0.1, 0.15) is 22.5 Å². The first-order valence-electron chi connectivity index (χ1n) is 11.7. The Balaban J connectivity index is 1.40. The van der Waals surface area contributed by atoms with Crippen LogP contribution in [-0.2, 0) is 11.3 Å². The number of amides is 1. The van der Waals surface area contributed by atoms with Gasteiger partial charge in [-0.1, -0.05) is 6.07 Å². The van der Waals surface area contributed by atoms with Gasteiger partial charge >= 0.3 is 0 Å². The molecule has 4 heterocycles. The van der Waals surface area contributed by atoms with Gasteiger partial charge in [-0.05, 0) is 55.9 Å². The molecule has 0 unspecified atom stereocenters. The first-order valence-corrected chi connectivity index (χ1v) is 11.7. The molecular weight excluding hydrogens is 442 g/mol. The number of rotatable bonds is 6. The Morgan fingerprint density at radius 3 is 2.83 bits per heavy atom. The smallest absolute Gasteiger partial charge is 0.276 e. The lowest BCUT2D eigenvalue weighted by Gasteiger charge is -2.22. The summed E-state index contributed by atoms with van der Waals surface area (Å²) >= 11 is 0. The summed E-state index contributed by atoms with van der Waals surface area (Å²) in [6, 6.07) is 10.0. The van der Waals surface area contributed by atoms with Gasteiger partial charge in [0.15, 0.2) is 5.69 Å². The molecule has 1 aliphatic heterocycles. The van der Waals surface area contributed by atoms with Crippen molar-refractivity contribution in [2.24, 2.45) is 0 Å². The molecule has 1 amide bonds. The van der Waals surface area contributed by atoms with Gasteiger partial charge < -0.3 is 19.9 Å². The zero-order chi connectivity index (χ0) is 24.2. The standard InChI is InChI=1S/C26H29N7O2/c1-32(2)17-18-10-21(15-27-13-18)29-26(34)25-23-12-19(4-5-24(23)30-31-25)20-11-22(16-28-14-20)33-6-3-8-35-9-7-33/h4-5,10-16H,3,6-9,17H2,1-2H3,(H,29,34)(H,30,31). The van der Waals surface area contributed by atoms with Crippen molar-refractivity contribution in [2.75, 3.05) is 50.6 Å². The maximum atomic E-state index is 13.1. The Labute approximate surface area is 204 Å². The highest BCUT2D eigenvalue weighted by Crippen LogP contribution is 2.28. The highest BCUT2D eigenvalue weighted by molar-refractivity contribution is 6.11. The Morgan fingerprint density at radius 1 is 1.06 bits per heavy atom. The van der Waals surface area contributed by atoms with Gasteiger partial charge in [-0.3, -0.25) is 19.9 Å². The third kappa shape index (κ3) is 5.31. The van der Waals surface area contributed by atoms with Crippen LogP contribution in [0.3, 0.4) is 0 Å². The minimum atomic E-state index is -0.284. The van der Waals surface area contributed by atoms with E-state index in [9.17, 15) is 4.79 Å². The van der Waals surface area contributed by atoms with Crippen molar-refractivity contribution < 1.29 is 9.53 Å². The average molecular weight is 472 g/mol. The van der Waals surface area contributed by atoms with E-state index in [-0.39, 0.29) is 5.91 Å². The first kappa shape index (κ1) is 22.9. The quantitative estimate of drug-likeness (QED) is 0.444. The summed E-state index contributed by atoms with van der Waals surface area (Å²) in [5, 5.41) is 11.0. The number of carbonyl (C=O) groups excluding carboxylic acids is 1. The van der Waals surface area contributed by atoms with Gasteiger partial charge in [-0.2, -0.15) is 5.10 Å². The minimum Gasteiger partial charge on any atom is -0.380 e. The Hall–Kier alpha value is -3.82. The molecule has 5 rings (SSSR count). The number of nitrogens with one attached hydrogen (secondary N) is 2. The summed E-state index contributed by atoms with van der Waals surface area (Å²) in [6.45, 7) is 4.05. The molecule has 1 saturated heterocycles. The van der Waals surface area contributed by atoms with E-state index in [4.69, 9.17) is 4.74 Å². The van der Waals surface area contributed by atoms with Crippen LogP contribution >= 0.6 is 0 Å². The van der Waals surface area contributed by atoms with Gasteiger partial charge in [-0.15, -0.1) is 0 Å². The third-order valence-corrected chi connectivity index (χ3v) is 5.97. The number of nitrogens with zero attached hydrogens (tertiary/aromatic N) is 5. The molecule has 0 bridgehead atoms. The number of aromatic nitrogens is 4. The van der Waals surface area contributed by atoms with Crippen LogP contribution in [-0.4, -0.2) is 71.4 Å². The number of anilines is 2. The van der Waals surface area contributed by atoms with Gasteiger partial charge in [0.05, 0.1) is 35.9 Å². The molecule has 9 heteroatoms. The van der Waals surface area contributed by atoms with E-state index < -0.39 is 0 Å². The van der Waals surface area contributed by atoms with Crippen molar-refractivity contribution in [3.63, 3.8) is 0 Å². The highest BCUT2D eigenvalue weighted by atomic mass is 16.5. The molecule has 1 fully saturated rings. The Kier molecular flexibility index (Phi) is 6.69. The first-order chi connectivity index (χ1) is 17.1. The van der Waals surface area contributed by atoms with Gasteiger partial charge in [0.1, 0.15) is 0 Å². The predicted molar refractivity (Wildman–Crippen MR) is 137 cm³/mol. The van der Waals surface area contributed by atoms with Crippen molar-refractivity contribution in [1.82, 2.24) is 25.1 Å². The number of H-pyrrole nitrogens is 1. The van der Waals surface area contributed by atoms with Gasteiger partial charge in [0, 0.05) is 49.6 Å². The molecule has 4 aromatic rings. The van der Waals surface area contributed by atoms with E-state index in [2.05, 4.69) is 41.3 Å². The molecule has 1 aromatic carbocycles. The molecule has 0 radical (unpaired) electrons. The fourth-order valence-electron chi connectivity index (χ4n) is 4.33. The van der Waals surface area contributed by atoms with Gasteiger partial charge in [0.2, 0.25) is 0 Å². The van der Waals surface area contributed by atoms with E-state index in [1.807, 2.05) is 50.8 Å². The molecule has 180 valence electrons. The van der Waals surface area contributed by atoms with Gasteiger partial charge in [0.25, 0.3) is 5.91 Å². The van der Waals surface area contributed by atoms with E-state index in [1.165, 1.54) is 0 Å². The maximum absolute atomic E-state index is 13.1. The number of fused-ring (bicyclic) bond motifs is 1. The van der Waals surface area contributed by atoms with Crippen molar-refractivity contribution >= 4 is 28.2 Å². The summed E-state index contributed by atoms with van der Waals surface area (Å²) in [6.07, 6.45) is 8.18. The van der Waals surface area contributed by atoms with E-state index >= 15 is 0 Å². The molecule has 0 spiro atoms. The van der Waals surface area contributed by atoms with Crippen LogP contribution in [0.4, 0.5) is 11.4 Å². The molecule has 0 aliphatic carbocycles. The Bertz CT molecular complexity index is 1330. The lowest BCUT2D eigenvalue weighted by molar-refractivity contribution is 0.102. The summed E-state index contributed by atoms with van der Waals surface area (Å²) in [4.78, 5) is 26.2. The second-order valence-electron chi connectivity index (χ2n) is 8.99. The predicted octanol–water partition coefficient (Wildman–Crippen LogP) is 3.56. The number of pyridine rings is 2. The second kappa shape index (κ2) is 10.2. The van der Waals surface area contributed by atoms with Crippen molar-refractivity contribution in [3.8, 4) is 11.1 Å². The van der Waals surface area contributed by atoms with Crippen LogP contribution in [0.5, 0.6) is 0 Å². The second-order valence-corrected chi connectivity index (χ2v) is 8.99. The van der Waals surface area contributed by atoms with Crippen molar-refractivity contribution in [2.45, 2.75) is 13.0 Å². The molecule has 2 N–H and O–H groups in total. The largest absolute Gasteiger partial charge is 0.380 e. The SMILES string of the molecule is CN(C)Cc1cncc(NC(=O)c2n[nH]c3ccc(-c4cncc(N5CCCOCC5)c4)cc23)c1. The highest BCUT2D eigenvalue weighted by Gasteiger charge is 2.17. The zero-order valence-electron chi connectivity index (χ0n) is 20.0. The number of ether oxygens (including phenoxy) is 1. The summed E-state index contributed by atoms with van der Waals surface area (Å²) in [7, 11) is 3.98. The van der Waals surface area contributed by atoms with E-state index in [1.54, 1.807) is 12.4 Å². The molecule has 9 nitrogen and oxygen atoms in total. The molecule has 3 aromatic heterocycles. The topological polar surface area (TPSA) is 99.3 Å². The van der Waals surface area contributed by atoms with Gasteiger partial charge in [-0.25, -0.2) is 0 Å². The monoisotopic (exact) mass is 471 g/mol. The molecule has 0 atom stereocenters. The van der Waals surface area contributed by atoms with Crippen LogP contribution in [0.2, 0.25) is 0 Å². The molecule has 1 aliphatic rings. The summed E-state index contributed by atoms with van der Waals surface area (Å²) in [5.74, 6) is -0.284. The lowest BCUT2D eigenvalue weighted by atomic mass is 10.0. The fourth-order valence-corrected chi connectivity index (χ4v) is 4.33. The van der Waals surface area contributed by atoms with Crippen LogP contribution < -0.4 is 10.2 Å². The fraction of sp³-hybridized carbons (Fsp3) is 0.308. The molecule has 0 saturated carbocycles. The van der Waals surface area contributed by atoms with Crippen LogP contribution in [0.15, 0.2) is 55.1 Å². The molecular formula is C26H29N7O2. The third-order valence-electron chi connectivity index (χ3n) is 5.97. The average Bonchev–Trinajstić information content (AvgIpc) is 3.08. The summed E-state index contributed by atoms with van der Waals surface area (Å²) in [5.41, 5.74) is 5.83. The van der Waals surface area contributed by atoms with E-state index in [0.717, 1.165) is 72.5 Å². The Morgan fingerprint density at radius 2 is 1.94 bits per heavy atom. The summed E-state index contributed by atoms with van der Waals surface area (Å²) < 4.78 is 5.59. The zero-order valence-corrected chi connectivity index (χ0v) is 20.0. The number of hydrogen-bond acceptors (Lipinski definition) is 7. The maximum Gasteiger partial charge on any atom is 0.276 e. The number of carbonyl (C=O) groups is 1. The van der Waals surface area contributed by atoms with Crippen LogP contribution in [0.25, 0.3) is 22.0 Å².